The van der Waals surface area contributed by atoms with Gasteiger partial charge in [0.25, 0.3) is 11.7 Å². The summed E-state index contributed by atoms with van der Waals surface area (Å²) in [6.07, 6.45) is 0.740. The molecule has 1 fully saturated rings. The van der Waals surface area contributed by atoms with Crippen molar-refractivity contribution in [2.24, 2.45) is 0 Å². The van der Waals surface area contributed by atoms with Gasteiger partial charge in [-0.05, 0) is 80.8 Å². The number of nitrogens with zero attached hydrogens (tertiary/aromatic N) is 2. The molecule has 3 aromatic rings. The first-order valence-corrected chi connectivity index (χ1v) is 12.8. The van der Waals surface area contributed by atoms with Crippen LogP contribution in [0.4, 0.5) is 11.4 Å². The van der Waals surface area contributed by atoms with Gasteiger partial charge >= 0.3 is 0 Å². The van der Waals surface area contributed by atoms with Gasteiger partial charge in [-0.25, -0.2) is 0 Å². The topological polar surface area (TPSA) is 70.1 Å². The molecule has 5 rings (SSSR count). The van der Waals surface area contributed by atoms with Crippen molar-refractivity contribution in [3.05, 3.63) is 94.1 Å². The SMILES string of the molecule is CCN(CC)c1ccc(C2/C(=C(/O)c3ccc4c(c3)CCO4)C(=O)C(=O)N2c2ccc(C)cc2C)cc1. The number of aryl methyl sites for hydroxylation is 2. The number of anilines is 2. The first-order valence-electron chi connectivity index (χ1n) is 12.8. The normalized spacial score (nSPS) is 18.2. The van der Waals surface area contributed by atoms with E-state index in [4.69, 9.17) is 4.74 Å². The van der Waals surface area contributed by atoms with Gasteiger partial charge in [-0.1, -0.05) is 29.8 Å². The smallest absolute Gasteiger partial charge is 0.300 e. The van der Waals surface area contributed by atoms with Crippen molar-refractivity contribution in [1.29, 1.82) is 0 Å². The Hall–Kier alpha value is -4.06. The van der Waals surface area contributed by atoms with Gasteiger partial charge < -0.3 is 14.7 Å². The van der Waals surface area contributed by atoms with E-state index in [0.29, 0.717) is 17.9 Å². The Bertz CT molecular complexity index is 1400. The average Bonchev–Trinajstić information content (AvgIpc) is 3.47. The third kappa shape index (κ3) is 4.26. The predicted octanol–water partition coefficient (Wildman–Crippen LogP) is 5.71. The van der Waals surface area contributed by atoms with Crippen LogP contribution in [0, 0.1) is 13.8 Å². The number of amides is 1. The number of carbonyl (C=O) groups is 2. The number of aliphatic hydroxyl groups excluding tert-OH is 1. The van der Waals surface area contributed by atoms with Crippen LogP contribution < -0.4 is 14.5 Å². The Kier molecular flexibility index (Phi) is 6.50. The van der Waals surface area contributed by atoms with Crippen LogP contribution in [-0.2, 0) is 16.0 Å². The van der Waals surface area contributed by atoms with Gasteiger partial charge in [0.15, 0.2) is 0 Å². The van der Waals surface area contributed by atoms with Crippen molar-refractivity contribution in [2.75, 3.05) is 29.5 Å². The molecule has 1 atom stereocenters. The number of hydrogen-bond donors (Lipinski definition) is 1. The molecule has 0 saturated carbocycles. The highest BCUT2D eigenvalue weighted by Crippen LogP contribution is 2.44. The lowest BCUT2D eigenvalue weighted by Gasteiger charge is -2.28. The predicted molar refractivity (Wildman–Crippen MR) is 146 cm³/mol. The van der Waals surface area contributed by atoms with Crippen LogP contribution in [0.2, 0.25) is 0 Å². The molecule has 0 spiro atoms. The van der Waals surface area contributed by atoms with E-state index >= 15 is 0 Å². The number of Topliss-reactive ketones (excluding diaryl/α,β-unsaturated/α-hetero) is 1. The average molecular weight is 497 g/mol. The number of carbonyl (C=O) groups excluding carboxylic acids is 2. The molecule has 6 heteroatoms. The highest BCUT2D eigenvalue weighted by Gasteiger charge is 2.47. The lowest BCUT2D eigenvalue weighted by Crippen LogP contribution is -2.30. The van der Waals surface area contributed by atoms with E-state index in [0.717, 1.165) is 53.2 Å². The molecule has 1 amide bonds. The Morgan fingerprint density at radius 2 is 1.73 bits per heavy atom. The zero-order valence-corrected chi connectivity index (χ0v) is 21.7. The van der Waals surface area contributed by atoms with Crippen LogP contribution in [0.15, 0.2) is 66.2 Å². The minimum absolute atomic E-state index is 0.0967. The van der Waals surface area contributed by atoms with Gasteiger partial charge in [0.2, 0.25) is 0 Å². The maximum Gasteiger partial charge on any atom is 0.300 e. The molecule has 0 aliphatic carbocycles. The summed E-state index contributed by atoms with van der Waals surface area (Å²) in [7, 11) is 0. The number of ether oxygens (including phenoxy) is 1. The summed E-state index contributed by atoms with van der Waals surface area (Å²) in [5.74, 6) is -0.711. The molecule has 2 heterocycles. The summed E-state index contributed by atoms with van der Waals surface area (Å²) in [4.78, 5) is 30.8. The summed E-state index contributed by atoms with van der Waals surface area (Å²) in [5.41, 5.74) is 6.03. The van der Waals surface area contributed by atoms with Crippen molar-refractivity contribution in [3.63, 3.8) is 0 Å². The van der Waals surface area contributed by atoms with Crippen LogP contribution in [0.5, 0.6) is 5.75 Å². The largest absolute Gasteiger partial charge is 0.507 e. The summed E-state index contributed by atoms with van der Waals surface area (Å²) in [6, 6.07) is 18.4. The zero-order valence-electron chi connectivity index (χ0n) is 21.7. The van der Waals surface area contributed by atoms with Gasteiger partial charge in [0.05, 0.1) is 18.2 Å². The summed E-state index contributed by atoms with van der Waals surface area (Å²) >= 11 is 0. The quantitative estimate of drug-likeness (QED) is 0.269. The maximum absolute atomic E-state index is 13.5. The molecule has 37 heavy (non-hydrogen) atoms. The first kappa shape index (κ1) is 24.6. The van der Waals surface area contributed by atoms with Crippen LogP contribution in [-0.4, -0.2) is 36.5 Å². The van der Waals surface area contributed by atoms with Crippen LogP contribution in [0.3, 0.4) is 0 Å². The van der Waals surface area contributed by atoms with Crippen LogP contribution in [0.1, 0.15) is 47.7 Å². The fraction of sp³-hybridized carbons (Fsp3) is 0.290. The second-order valence-electron chi connectivity index (χ2n) is 9.64. The molecule has 6 nitrogen and oxygen atoms in total. The van der Waals surface area contributed by atoms with E-state index in [-0.39, 0.29) is 11.3 Å². The highest BCUT2D eigenvalue weighted by molar-refractivity contribution is 6.51. The Morgan fingerprint density at radius 1 is 1.00 bits per heavy atom. The molecule has 2 aliphatic rings. The van der Waals surface area contributed by atoms with Gasteiger partial charge in [0.1, 0.15) is 11.5 Å². The van der Waals surface area contributed by atoms with Crippen LogP contribution in [0.25, 0.3) is 5.76 Å². The maximum atomic E-state index is 13.5. The molecule has 1 N–H and O–H groups in total. The van der Waals surface area contributed by atoms with Crippen molar-refractivity contribution < 1.29 is 19.4 Å². The fourth-order valence-corrected chi connectivity index (χ4v) is 5.42. The minimum Gasteiger partial charge on any atom is -0.507 e. The second-order valence-corrected chi connectivity index (χ2v) is 9.64. The molecule has 2 aliphatic heterocycles. The number of ketones is 1. The van der Waals surface area contributed by atoms with E-state index in [9.17, 15) is 14.7 Å². The molecule has 0 aromatic heterocycles. The van der Waals surface area contributed by atoms with E-state index in [1.54, 1.807) is 6.07 Å². The minimum atomic E-state index is -0.753. The van der Waals surface area contributed by atoms with Gasteiger partial charge in [-0.15, -0.1) is 0 Å². The molecule has 3 aromatic carbocycles. The summed E-state index contributed by atoms with van der Waals surface area (Å²) in [5, 5.41) is 11.5. The van der Waals surface area contributed by atoms with Gasteiger partial charge in [-0.3, -0.25) is 14.5 Å². The van der Waals surface area contributed by atoms with Gasteiger partial charge in [-0.2, -0.15) is 0 Å². The van der Waals surface area contributed by atoms with Crippen molar-refractivity contribution in [3.8, 4) is 5.75 Å². The van der Waals surface area contributed by atoms with E-state index in [1.165, 1.54) is 4.90 Å². The van der Waals surface area contributed by atoms with E-state index in [2.05, 4.69) is 18.7 Å². The summed E-state index contributed by atoms with van der Waals surface area (Å²) in [6.45, 7) is 10.5. The molecule has 1 saturated heterocycles. The van der Waals surface area contributed by atoms with Crippen molar-refractivity contribution >= 4 is 28.8 Å². The van der Waals surface area contributed by atoms with Gasteiger partial charge in [0, 0.05) is 36.4 Å². The van der Waals surface area contributed by atoms with Crippen molar-refractivity contribution in [1.82, 2.24) is 0 Å². The molecule has 1 unspecified atom stereocenters. The summed E-state index contributed by atoms with van der Waals surface area (Å²) < 4.78 is 5.60. The number of fused-ring (bicyclic) bond motifs is 1. The monoisotopic (exact) mass is 496 g/mol. The first-order chi connectivity index (χ1) is 17.8. The standard InChI is InChI=1S/C31H32N2O4/c1-5-32(6-2)24-11-8-21(9-12-24)28-27(29(34)23-10-14-26-22(18-23)15-16-37-26)30(35)31(36)33(28)25-13-7-19(3)17-20(25)4/h7-14,17-18,28,34H,5-6,15-16H2,1-4H3/b29-27-. The molecule has 0 radical (unpaired) electrons. The third-order valence-electron chi connectivity index (χ3n) is 7.36. The Morgan fingerprint density at radius 3 is 2.41 bits per heavy atom. The van der Waals surface area contributed by atoms with Crippen LogP contribution >= 0.6 is 0 Å². The van der Waals surface area contributed by atoms with E-state index in [1.807, 2.05) is 68.4 Å². The molecule has 0 bridgehead atoms. The zero-order chi connectivity index (χ0) is 26.3. The number of rotatable bonds is 6. The Balaban J connectivity index is 1.68. The lowest BCUT2D eigenvalue weighted by molar-refractivity contribution is -0.132. The Labute approximate surface area is 217 Å². The highest BCUT2D eigenvalue weighted by atomic mass is 16.5. The number of benzene rings is 3. The molecule has 190 valence electrons. The number of aliphatic hydroxyl groups is 1. The second kappa shape index (κ2) is 9.77. The van der Waals surface area contributed by atoms with Crippen molar-refractivity contribution in [2.45, 2.75) is 40.2 Å². The lowest BCUT2D eigenvalue weighted by atomic mass is 9.94. The number of hydrogen-bond acceptors (Lipinski definition) is 5. The molecular formula is C31H32N2O4. The molecular weight excluding hydrogens is 464 g/mol. The van der Waals surface area contributed by atoms with E-state index < -0.39 is 17.7 Å². The fourth-order valence-electron chi connectivity index (χ4n) is 5.42. The third-order valence-corrected chi connectivity index (χ3v) is 7.36.